The second kappa shape index (κ2) is 7.22. The molecule has 1 amide bonds. The third-order valence-corrected chi connectivity index (χ3v) is 2.84. The van der Waals surface area contributed by atoms with Gasteiger partial charge in [-0.3, -0.25) is 4.79 Å². The molecule has 0 saturated carbocycles. The first-order valence-corrected chi connectivity index (χ1v) is 6.42. The summed E-state index contributed by atoms with van der Waals surface area (Å²) in [5.41, 5.74) is 1.70. The predicted octanol–water partition coefficient (Wildman–Crippen LogP) is 2.10. The Labute approximate surface area is 122 Å². The van der Waals surface area contributed by atoms with Gasteiger partial charge in [0.25, 0.3) is 5.91 Å². The summed E-state index contributed by atoms with van der Waals surface area (Å²) in [7, 11) is 0. The second-order valence-corrected chi connectivity index (χ2v) is 4.32. The van der Waals surface area contributed by atoms with E-state index in [0.29, 0.717) is 6.54 Å². The molecule has 2 aromatic rings. The zero-order valence-electron chi connectivity index (χ0n) is 11.3. The molecule has 4 heteroatoms. The topological polar surface area (TPSA) is 49.3 Å². The Morgan fingerprint density at radius 2 is 1.86 bits per heavy atom. The van der Waals surface area contributed by atoms with Crippen molar-refractivity contribution in [2.45, 2.75) is 6.54 Å². The van der Waals surface area contributed by atoms with E-state index in [9.17, 15) is 9.18 Å². The molecule has 2 aromatic carbocycles. The van der Waals surface area contributed by atoms with Gasteiger partial charge in [-0.05, 0) is 29.8 Å². The van der Waals surface area contributed by atoms with Gasteiger partial charge in [0, 0.05) is 12.1 Å². The average molecular weight is 283 g/mol. The Balaban J connectivity index is 1.97. The summed E-state index contributed by atoms with van der Waals surface area (Å²) in [5.74, 6) is 4.35. The van der Waals surface area contributed by atoms with Crippen LogP contribution in [0.5, 0.6) is 0 Å². The van der Waals surface area contributed by atoms with Crippen LogP contribution in [0.25, 0.3) is 0 Å². The fraction of sp³-hybridized carbons (Fsp3) is 0.118. The molecule has 0 aromatic heterocycles. The molecule has 0 spiro atoms. The molecule has 0 fully saturated rings. The number of hydrogen-bond donors (Lipinski definition) is 2. The van der Waals surface area contributed by atoms with Gasteiger partial charge in [0.15, 0.2) is 0 Å². The van der Waals surface area contributed by atoms with Crippen molar-refractivity contribution in [1.82, 2.24) is 5.32 Å². The molecular weight excluding hydrogens is 269 g/mol. The fourth-order valence-electron chi connectivity index (χ4n) is 1.77. The van der Waals surface area contributed by atoms with Crippen LogP contribution in [0.2, 0.25) is 0 Å². The Bertz CT molecular complexity index is 684. The predicted molar refractivity (Wildman–Crippen MR) is 78.0 cm³/mol. The van der Waals surface area contributed by atoms with E-state index in [1.807, 2.05) is 12.1 Å². The van der Waals surface area contributed by atoms with Crippen LogP contribution in [0.15, 0.2) is 48.5 Å². The van der Waals surface area contributed by atoms with Crippen LogP contribution in [-0.4, -0.2) is 17.6 Å². The van der Waals surface area contributed by atoms with Gasteiger partial charge >= 0.3 is 0 Å². The maximum absolute atomic E-state index is 13.4. The number of nitrogens with one attached hydrogen (secondary N) is 1. The molecule has 2 N–H and O–H groups in total. The van der Waals surface area contributed by atoms with Crippen molar-refractivity contribution < 1.29 is 14.3 Å². The van der Waals surface area contributed by atoms with Crippen LogP contribution in [0.3, 0.4) is 0 Å². The SMILES string of the molecule is O=C(NCc1ccc(C#CCO)cc1)c1ccccc1F. The van der Waals surface area contributed by atoms with E-state index in [4.69, 9.17) is 5.11 Å². The summed E-state index contributed by atoms with van der Waals surface area (Å²) in [6, 6.07) is 13.1. The lowest BCUT2D eigenvalue weighted by molar-refractivity contribution is 0.0947. The quantitative estimate of drug-likeness (QED) is 0.848. The summed E-state index contributed by atoms with van der Waals surface area (Å²) < 4.78 is 13.4. The lowest BCUT2D eigenvalue weighted by Crippen LogP contribution is -2.23. The van der Waals surface area contributed by atoms with Crippen LogP contribution in [0, 0.1) is 17.7 Å². The molecule has 0 aliphatic rings. The summed E-state index contributed by atoms with van der Waals surface area (Å²) in [5, 5.41) is 11.3. The zero-order chi connectivity index (χ0) is 15.1. The molecule has 0 unspecified atom stereocenters. The lowest BCUT2D eigenvalue weighted by Gasteiger charge is -2.06. The van der Waals surface area contributed by atoms with E-state index in [0.717, 1.165) is 11.1 Å². The number of hydrogen-bond acceptors (Lipinski definition) is 2. The molecular formula is C17H14FNO2. The Morgan fingerprint density at radius 3 is 2.52 bits per heavy atom. The largest absolute Gasteiger partial charge is 0.384 e. The van der Waals surface area contributed by atoms with Gasteiger partial charge in [-0.1, -0.05) is 36.1 Å². The van der Waals surface area contributed by atoms with Gasteiger partial charge in [-0.25, -0.2) is 4.39 Å². The van der Waals surface area contributed by atoms with E-state index in [-0.39, 0.29) is 12.2 Å². The molecule has 21 heavy (non-hydrogen) atoms. The summed E-state index contributed by atoms with van der Waals surface area (Å²) >= 11 is 0. The highest BCUT2D eigenvalue weighted by Crippen LogP contribution is 2.07. The van der Waals surface area contributed by atoms with Crippen molar-refractivity contribution in [3.05, 3.63) is 71.0 Å². The van der Waals surface area contributed by atoms with E-state index >= 15 is 0 Å². The van der Waals surface area contributed by atoms with Crippen molar-refractivity contribution >= 4 is 5.91 Å². The molecule has 0 radical (unpaired) electrons. The van der Waals surface area contributed by atoms with E-state index in [1.54, 1.807) is 18.2 Å². The number of halogens is 1. The molecule has 0 saturated heterocycles. The minimum Gasteiger partial charge on any atom is -0.384 e. The summed E-state index contributed by atoms with van der Waals surface area (Å²) in [4.78, 5) is 11.8. The highest BCUT2D eigenvalue weighted by molar-refractivity contribution is 5.94. The lowest BCUT2D eigenvalue weighted by atomic mass is 10.1. The van der Waals surface area contributed by atoms with E-state index in [1.165, 1.54) is 18.2 Å². The van der Waals surface area contributed by atoms with E-state index in [2.05, 4.69) is 17.2 Å². The first-order valence-electron chi connectivity index (χ1n) is 6.42. The number of aliphatic hydroxyl groups is 1. The van der Waals surface area contributed by atoms with Gasteiger partial charge in [0.1, 0.15) is 12.4 Å². The number of carbonyl (C=O) groups is 1. The maximum Gasteiger partial charge on any atom is 0.254 e. The molecule has 3 nitrogen and oxygen atoms in total. The normalized spacial score (nSPS) is 9.62. The van der Waals surface area contributed by atoms with Gasteiger partial charge < -0.3 is 10.4 Å². The minimum absolute atomic E-state index is 0.0305. The molecule has 0 atom stereocenters. The first kappa shape index (κ1) is 14.8. The number of amides is 1. The van der Waals surface area contributed by atoms with Crippen LogP contribution in [0.1, 0.15) is 21.5 Å². The minimum atomic E-state index is -0.537. The number of aliphatic hydroxyl groups excluding tert-OH is 1. The number of rotatable bonds is 3. The van der Waals surface area contributed by atoms with Gasteiger partial charge in [-0.2, -0.15) is 0 Å². The Hall–Kier alpha value is -2.64. The molecule has 0 aliphatic carbocycles. The van der Waals surface area contributed by atoms with Crippen molar-refractivity contribution in [2.75, 3.05) is 6.61 Å². The van der Waals surface area contributed by atoms with Crippen LogP contribution < -0.4 is 5.32 Å². The standard InChI is InChI=1S/C17H14FNO2/c18-16-6-2-1-5-15(16)17(21)19-12-14-9-7-13(8-10-14)4-3-11-20/h1-2,5-10,20H,11-12H2,(H,19,21). The van der Waals surface area contributed by atoms with E-state index < -0.39 is 11.7 Å². The average Bonchev–Trinajstić information content (AvgIpc) is 2.52. The highest BCUT2D eigenvalue weighted by atomic mass is 19.1. The smallest absolute Gasteiger partial charge is 0.254 e. The second-order valence-electron chi connectivity index (χ2n) is 4.32. The Morgan fingerprint density at radius 1 is 1.14 bits per heavy atom. The van der Waals surface area contributed by atoms with Crippen LogP contribution >= 0.6 is 0 Å². The number of carbonyl (C=O) groups excluding carboxylic acids is 1. The molecule has 0 bridgehead atoms. The third-order valence-electron chi connectivity index (χ3n) is 2.84. The summed E-state index contributed by atoms with van der Waals surface area (Å²) in [6.45, 7) is 0.126. The maximum atomic E-state index is 13.4. The zero-order valence-corrected chi connectivity index (χ0v) is 11.3. The molecule has 106 valence electrons. The molecule has 2 rings (SSSR count). The Kier molecular flexibility index (Phi) is 5.08. The highest BCUT2D eigenvalue weighted by Gasteiger charge is 2.09. The van der Waals surface area contributed by atoms with Crippen molar-refractivity contribution in [3.63, 3.8) is 0 Å². The van der Waals surface area contributed by atoms with Crippen molar-refractivity contribution in [1.29, 1.82) is 0 Å². The van der Waals surface area contributed by atoms with Crippen LogP contribution in [0.4, 0.5) is 4.39 Å². The first-order chi connectivity index (χ1) is 10.2. The van der Waals surface area contributed by atoms with Gasteiger partial charge in [0.05, 0.1) is 5.56 Å². The number of benzene rings is 2. The van der Waals surface area contributed by atoms with Gasteiger partial charge in [-0.15, -0.1) is 0 Å². The monoisotopic (exact) mass is 283 g/mol. The molecule has 0 aliphatic heterocycles. The van der Waals surface area contributed by atoms with Crippen LogP contribution in [-0.2, 0) is 6.54 Å². The van der Waals surface area contributed by atoms with Crippen molar-refractivity contribution in [3.8, 4) is 11.8 Å². The van der Waals surface area contributed by atoms with Gasteiger partial charge in [0.2, 0.25) is 0 Å². The van der Waals surface area contributed by atoms with Crippen molar-refractivity contribution in [2.24, 2.45) is 0 Å². The molecule has 0 heterocycles. The third kappa shape index (κ3) is 4.16. The summed E-state index contributed by atoms with van der Waals surface area (Å²) in [6.07, 6.45) is 0. The fourth-order valence-corrected chi connectivity index (χ4v) is 1.77.